The van der Waals surface area contributed by atoms with Crippen LogP contribution >= 0.6 is 0 Å². The Kier molecular flexibility index (Phi) is 3.54. The first-order valence-corrected chi connectivity index (χ1v) is 4.18. The van der Waals surface area contributed by atoms with Crippen molar-refractivity contribution in [3.8, 4) is 5.75 Å². The second-order valence-corrected chi connectivity index (χ2v) is 2.55. The van der Waals surface area contributed by atoms with E-state index in [1.165, 1.54) is 18.2 Å². The Morgan fingerprint density at radius 1 is 1.60 bits per heavy atom. The van der Waals surface area contributed by atoms with Gasteiger partial charge in [0.1, 0.15) is 0 Å². The third-order valence-electron chi connectivity index (χ3n) is 1.61. The van der Waals surface area contributed by atoms with E-state index in [1.807, 2.05) is 0 Å². The minimum atomic E-state index is -0.588. The second kappa shape index (κ2) is 4.88. The monoisotopic (exact) mass is 208 g/mol. The number of nitro benzene ring substituents is 1. The van der Waals surface area contributed by atoms with Gasteiger partial charge in [0, 0.05) is 6.07 Å². The lowest BCUT2D eigenvalue weighted by atomic mass is 10.2. The molecule has 0 spiro atoms. The zero-order valence-electron chi connectivity index (χ0n) is 7.97. The third-order valence-corrected chi connectivity index (χ3v) is 1.61. The maximum absolute atomic E-state index is 10.6. The molecule has 0 unspecified atom stereocenters. The van der Waals surface area contributed by atoms with Crippen LogP contribution in [0.4, 0.5) is 11.4 Å². The van der Waals surface area contributed by atoms with Crippen molar-refractivity contribution in [3.05, 3.63) is 28.3 Å². The van der Waals surface area contributed by atoms with Gasteiger partial charge in [0.25, 0.3) is 0 Å². The lowest BCUT2D eigenvalue weighted by Crippen LogP contribution is -1.96. The van der Waals surface area contributed by atoms with E-state index in [9.17, 15) is 14.9 Å². The number of hydrogen-bond acceptors (Lipinski definition) is 5. The van der Waals surface area contributed by atoms with Crippen LogP contribution in [0.15, 0.2) is 23.2 Å². The van der Waals surface area contributed by atoms with Gasteiger partial charge in [-0.05, 0) is 19.1 Å². The number of benzene rings is 1. The molecule has 0 heterocycles. The molecule has 6 heteroatoms. The van der Waals surface area contributed by atoms with Gasteiger partial charge >= 0.3 is 5.69 Å². The highest BCUT2D eigenvalue weighted by molar-refractivity contribution is 5.59. The van der Waals surface area contributed by atoms with Crippen molar-refractivity contribution in [1.29, 1.82) is 0 Å². The molecule has 15 heavy (non-hydrogen) atoms. The normalized spacial score (nSPS) is 9.13. The predicted molar refractivity (Wildman–Crippen MR) is 52.0 cm³/mol. The largest absolute Gasteiger partial charge is 0.487 e. The van der Waals surface area contributed by atoms with Gasteiger partial charge in [-0.25, -0.2) is 4.79 Å². The van der Waals surface area contributed by atoms with Crippen LogP contribution in [-0.2, 0) is 4.79 Å². The molecule has 0 radical (unpaired) electrons. The van der Waals surface area contributed by atoms with Crippen LogP contribution in [0.1, 0.15) is 6.92 Å². The molecular weight excluding hydrogens is 200 g/mol. The molecule has 6 nitrogen and oxygen atoms in total. The van der Waals surface area contributed by atoms with E-state index in [0.717, 1.165) is 6.07 Å². The Labute approximate surface area is 85.3 Å². The Morgan fingerprint density at radius 3 is 2.87 bits per heavy atom. The zero-order valence-corrected chi connectivity index (χ0v) is 7.97. The van der Waals surface area contributed by atoms with Gasteiger partial charge in [-0.15, -0.1) is 0 Å². The minimum absolute atomic E-state index is 0.160. The highest BCUT2D eigenvalue weighted by atomic mass is 16.6. The summed E-state index contributed by atoms with van der Waals surface area (Å²) in [4.78, 5) is 23.3. The van der Waals surface area contributed by atoms with Crippen molar-refractivity contribution in [2.75, 3.05) is 6.61 Å². The standard InChI is InChI=1S/C9H8N2O4/c1-2-15-9-4-3-7(10-6-12)5-8(9)11(13)14/h3-5H,2H2,1H3. The summed E-state index contributed by atoms with van der Waals surface area (Å²) >= 11 is 0. The molecule has 78 valence electrons. The molecule has 0 atom stereocenters. The summed E-state index contributed by atoms with van der Waals surface area (Å²) in [5.41, 5.74) is -0.0338. The predicted octanol–water partition coefficient (Wildman–Crippen LogP) is 1.96. The highest BCUT2D eigenvalue weighted by Crippen LogP contribution is 2.30. The molecule has 0 fully saturated rings. The Bertz CT molecular complexity index is 424. The molecular formula is C9H8N2O4. The maximum Gasteiger partial charge on any atom is 0.313 e. The van der Waals surface area contributed by atoms with Crippen LogP contribution in [0.25, 0.3) is 0 Å². The number of ether oxygens (including phenoxy) is 1. The summed E-state index contributed by atoms with van der Waals surface area (Å²) in [6, 6.07) is 4.01. The molecule has 0 bridgehead atoms. The number of nitro groups is 1. The second-order valence-electron chi connectivity index (χ2n) is 2.55. The Morgan fingerprint density at radius 2 is 2.33 bits per heavy atom. The van der Waals surface area contributed by atoms with Crippen LogP contribution in [0, 0.1) is 10.1 Å². The lowest BCUT2D eigenvalue weighted by Gasteiger charge is -2.03. The molecule has 0 amide bonds. The fraction of sp³-hybridized carbons (Fsp3) is 0.222. The summed E-state index contributed by atoms with van der Waals surface area (Å²) in [6.07, 6.45) is 1.31. The van der Waals surface area contributed by atoms with Gasteiger partial charge in [0.15, 0.2) is 5.75 Å². The number of isocyanates is 1. The number of aliphatic imine (C=N–C) groups is 1. The molecule has 0 aliphatic rings. The fourth-order valence-corrected chi connectivity index (χ4v) is 1.05. The molecule has 1 aromatic rings. The molecule has 0 aliphatic heterocycles. The molecule has 0 saturated carbocycles. The van der Waals surface area contributed by atoms with Crippen molar-refractivity contribution in [3.63, 3.8) is 0 Å². The van der Waals surface area contributed by atoms with Gasteiger partial charge in [0.05, 0.1) is 17.2 Å². The van der Waals surface area contributed by atoms with E-state index in [4.69, 9.17) is 4.74 Å². The Hall–Kier alpha value is -2.20. The van der Waals surface area contributed by atoms with Crippen molar-refractivity contribution < 1.29 is 14.5 Å². The summed E-state index contributed by atoms with van der Waals surface area (Å²) in [5.74, 6) is 0.160. The van der Waals surface area contributed by atoms with Gasteiger partial charge in [-0.1, -0.05) is 0 Å². The topological polar surface area (TPSA) is 81.8 Å². The molecule has 1 aromatic carbocycles. The minimum Gasteiger partial charge on any atom is -0.487 e. The fourth-order valence-electron chi connectivity index (χ4n) is 1.05. The SMILES string of the molecule is CCOc1ccc(N=C=O)cc1[N+](=O)[O-]. The number of carbonyl (C=O) groups excluding carboxylic acids is 1. The average molecular weight is 208 g/mol. The van der Waals surface area contributed by atoms with Crippen molar-refractivity contribution >= 4 is 17.5 Å². The summed E-state index contributed by atoms with van der Waals surface area (Å²) in [5, 5.41) is 10.6. The van der Waals surface area contributed by atoms with Gasteiger partial charge in [0.2, 0.25) is 6.08 Å². The summed E-state index contributed by atoms with van der Waals surface area (Å²) in [6.45, 7) is 2.05. The van der Waals surface area contributed by atoms with Crippen LogP contribution < -0.4 is 4.74 Å². The molecule has 0 aliphatic carbocycles. The zero-order chi connectivity index (χ0) is 11.3. The van der Waals surface area contributed by atoms with Gasteiger partial charge < -0.3 is 4.74 Å². The Balaban J connectivity index is 3.19. The molecule has 1 rings (SSSR count). The average Bonchev–Trinajstić information content (AvgIpc) is 2.21. The molecule has 0 saturated heterocycles. The molecule has 0 aromatic heterocycles. The van der Waals surface area contributed by atoms with E-state index in [0.29, 0.717) is 6.61 Å². The first kappa shape index (κ1) is 10.9. The lowest BCUT2D eigenvalue weighted by molar-refractivity contribution is -0.385. The maximum atomic E-state index is 10.6. The first-order valence-electron chi connectivity index (χ1n) is 4.18. The third kappa shape index (κ3) is 2.62. The van der Waals surface area contributed by atoms with Crippen molar-refractivity contribution in [1.82, 2.24) is 0 Å². The quantitative estimate of drug-likeness (QED) is 0.327. The van der Waals surface area contributed by atoms with E-state index < -0.39 is 4.92 Å². The van der Waals surface area contributed by atoms with Crippen molar-refractivity contribution in [2.45, 2.75) is 6.92 Å². The van der Waals surface area contributed by atoms with Crippen LogP contribution in [0.5, 0.6) is 5.75 Å². The van der Waals surface area contributed by atoms with Gasteiger partial charge in [-0.3, -0.25) is 10.1 Å². The molecule has 0 N–H and O–H groups in total. The van der Waals surface area contributed by atoms with E-state index in [-0.39, 0.29) is 17.1 Å². The number of hydrogen-bond donors (Lipinski definition) is 0. The van der Waals surface area contributed by atoms with Crippen LogP contribution in [0.3, 0.4) is 0 Å². The highest BCUT2D eigenvalue weighted by Gasteiger charge is 2.15. The summed E-state index contributed by atoms with van der Waals surface area (Å²) < 4.78 is 5.05. The van der Waals surface area contributed by atoms with E-state index >= 15 is 0 Å². The smallest absolute Gasteiger partial charge is 0.313 e. The van der Waals surface area contributed by atoms with Gasteiger partial charge in [-0.2, -0.15) is 4.99 Å². The number of nitrogens with zero attached hydrogens (tertiary/aromatic N) is 2. The first-order chi connectivity index (χ1) is 7.19. The summed E-state index contributed by atoms with van der Waals surface area (Å²) in [7, 11) is 0. The van der Waals surface area contributed by atoms with E-state index in [1.54, 1.807) is 6.92 Å². The van der Waals surface area contributed by atoms with Crippen LogP contribution in [0.2, 0.25) is 0 Å². The number of rotatable bonds is 4. The van der Waals surface area contributed by atoms with Crippen molar-refractivity contribution in [2.24, 2.45) is 4.99 Å². The van der Waals surface area contributed by atoms with Crippen LogP contribution in [-0.4, -0.2) is 17.6 Å². The van der Waals surface area contributed by atoms with E-state index in [2.05, 4.69) is 4.99 Å².